The van der Waals surface area contributed by atoms with E-state index in [9.17, 15) is 0 Å². The molecule has 160 valence electrons. The number of hydrogen-bond acceptors (Lipinski definition) is 4. The summed E-state index contributed by atoms with van der Waals surface area (Å²) in [6, 6.07) is 10.6. The van der Waals surface area contributed by atoms with Gasteiger partial charge in [-0.25, -0.2) is 4.99 Å². The minimum Gasteiger partial charge on any atom is -0.494 e. The molecule has 1 aromatic carbocycles. The first-order valence-corrected chi connectivity index (χ1v) is 10.7. The fourth-order valence-corrected chi connectivity index (χ4v) is 4.41. The van der Waals surface area contributed by atoms with E-state index in [1.807, 2.05) is 6.08 Å². The lowest BCUT2D eigenvalue weighted by Crippen LogP contribution is -2.35. The minimum absolute atomic E-state index is 0.776. The molecule has 0 aliphatic carbocycles. The predicted molar refractivity (Wildman–Crippen MR) is 124 cm³/mol. The molecule has 0 amide bonds. The molecule has 0 radical (unpaired) electrons. The molecule has 0 bridgehead atoms. The van der Waals surface area contributed by atoms with Crippen molar-refractivity contribution in [3.63, 3.8) is 0 Å². The van der Waals surface area contributed by atoms with Gasteiger partial charge in [-0.05, 0) is 37.6 Å². The van der Waals surface area contributed by atoms with Crippen LogP contribution >= 0.6 is 0 Å². The van der Waals surface area contributed by atoms with E-state index < -0.39 is 0 Å². The number of nitrogens with zero attached hydrogens (tertiary/aromatic N) is 2. The van der Waals surface area contributed by atoms with E-state index in [-0.39, 0.29) is 0 Å². The summed E-state index contributed by atoms with van der Waals surface area (Å²) in [6.07, 6.45) is 4.10. The lowest BCUT2D eigenvalue weighted by molar-refractivity contribution is 0.0343. The van der Waals surface area contributed by atoms with Crippen LogP contribution < -0.4 is 0 Å². The van der Waals surface area contributed by atoms with Crippen LogP contribution in [-0.4, -0.2) is 54.0 Å². The number of hydrogen-bond donors (Lipinski definition) is 2. The number of allylic oxidation sites excluding steroid dienone is 1. The number of methoxy groups -OCH3 is 1. The van der Waals surface area contributed by atoms with Crippen LogP contribution in [0.1, 0.15) is 28.2 Å². The Kier molecular flexibility index (Phi) is 5.26. The van der Waals surface area contributed by atoms with Crippen molar-refractivity contribution in [3.8, 4) is 0 Å². The molecule has 0 saturated carbocycles. The Morgan fingerprint density at radius 2 is 1.97 bits per heavy atom. The maximum absolute atomic E-state index is 5.68. The number of nitrogens with one attached hydrogen (secondary N) is 2. The average molecular weight is 417 g/mol. The van der Waals surface area contributed by atoms with Crippen LogP contribution in [0.4, 0.5) is 0 Å². The standard InChI is InChI=1S/C25H28N4O2/c1-16-12-17(2)26-21(16)13-22-24(30-3)14-23(27-22)25-19(15-29-8-10-31-11-9-29)18-6-4-5-7-20(18)28-25/h4-7,12-14,26,28H,8-11,15H2,1-3H3. The number of H-pyrrole nitrogens is 2. The van der Waals surface area contributed by atoms with Gasteiger partial charge in [0.2, 0.25) is 0 Å². The fourth-order valence-electron chi connectivity index (χ4n) is 4.41. The summed E-state index contributed by atoms with van der Waals surface area (Å²) in [5, 5.41) is 1.24. The number of aliphatic imine (C=N–C) groups is 1. The summed E-state index contributed by atoms with van der Waals surface area (Å²) in [5.74, 6) is 0.776. The van der Waals surface area contributed by atoms with E-state index in [0.717, 1.165) is 72.6 Å². The van der Waals surface area contributed by atoms with E-state index in [2.05, 4.69) is 65.1 Å². The smallest absolute Gasteiger partial charge is 0.146 e. The van der Waals surface area contributed by atoms with Crippen molar-refractivity contribution in [2.24, 2.45) is 4.99 Å². The lowest BCUT2D eigenvalue weighted by Gasteiger charge is -2.26. The van der Waals surface area contributed by atoms with Crippen LogP contribution in [0.2, 0.25) is 0 Å². The molecule has 6 nitrogen and oxygen atoms in total. The van der Waals surface area contributed by atoms with E-state index in [1.54, 1.807) is 7.11 Å². The fraction of sp³-hybridized carbons (Fsp3) is 0.320. The highest BCUT2D eigenvalue weighted by Gasteiger charge is 2.24. The van der Waals surface area contributed by atoms with Gasteiger partial charge in [-0.3, -0.25) is 4.90 Å². The Labute approximate surface area is 182 Å². The van der Waals surface area contributed by atoms with Crippen LogP contribution in [0.3, 0.4) is 0 Å². The van der Waals surface area contributed by atoms with Crippen molar-refractivity contribution in [1.82, 2.24) is 14.9 Å². The molecule has 2 aliphatic heterocycles. The van der Waals surface area contributed by atoms with Crippen LogP contribution in [0.25, 0.3) is 17.0 Å². The lowest BCUT2D eigenvalue weighted by atomic mass is 10.1. The Morgan fingerprint density at radius 1 is 1.16 bits per heavy atom. The summed E-state index contributed by atoms with van der Waals surface area (Å²) in [7, 11) is 1.70. The van der Waals surface area contributed by atoms with Crippen LogP contribution in [0.5, 0.6) is 0 Å². The van der Waals surface area contributed by atoms with E-state index in [4.69, 9.17) is 14.5 Å². The topological polar surface area (TPSA) is 65.6 Å². The molecule has 3 aromatic rings. The van der Waals surface area contributed by atoms with Gasteiger partial charge >= 0.3 is 0 Å². The van der Waals surface area contributed by atoms with E-state index in [1.165, 1.54) is 16.5 Å². The number of aromatic amines is 2. The first-order valence-electron chi connectivity index (χ1n) is 10.7. The molecule has 4 heterocycles. The van der Waals surface area contributed by atoms with Gasteiger partial charge in [-0.2, -0.15) is 0 Å². The molecule has 5 rings (SSSR count). The third-order valence-electron chi connectivity index (χ3n) is 6.01. The maximum Gasteiger partial charge on any atom is 0.146 e. The van der Waals surface area contributed by atoms with Crippen molar-refractivity contribution in [2.75, 3.05) is 33.4 Å². The number of benzene rings is 1. The molecule has 2 N–H and O–H groups in total. The third-order valence-corrected chi connectivity index (χ3v) is 6.01. The summed E-state index contributed by atoms with van der Waals surface area (Å²) < 4.78 is 11.2. The SMILES string of the molecule is COC1=CC(c2[nH]c3ccccc3c2CN2CCOCC2)=NC1=Cc1[nH]c(C)cc1C. The van der Waals surface area contributed by atoms with Gasteiger partial charge in [-0.15, -0.1) is 0 Å². The summed E-state index contributed by atoms with van der Waals surface area (Å²) >= 11 is 0. The number of aromatic nitrogens is 2. The van der Waals surface area contributed by atoms with Crippen LogP contribution in [0, 0.1) is 13.8 Å². The van der Waals surface area contributed by atoms with Gasteiger partial charge in [0.1, 0.15) is 11.5 Å². The highest BCUT2D eigenvalue weighted by Crippen LogP contribution is 2.30. The highest BCUT2D eigenvalue weighted by atomic mass is 16.5. The molecule has 1 saturated heterocycles. The van der Waals surface area contributed by atoms with Crippen molar-refractivity contribution in [1.29, 1.82) is 0 Å². The molecule has 31 heavy (non-hydrogen) atoms. The van der Waals surface area contributed by atoms with Crippen molar-refractivity contribution in [3.05, 3.63) is 76.1 Å². The normalized spacial score (nSPS) is 18.6. The molecular formula is C25H28N4O2. The Hall–Kier alpha value is -3.09. The van der Waals surface area contributed by atoms with Gasteiger partial charge in [-0.1, -0.05) is 18.2 Å². The van der Waals surface area contributed by atoms with Gasteiger partial charge in [0.25, 0.3) is 0 Å². The maximum atomic E-state index is 5.68. The minimum atomic E-state index is 0.776. The number of fused-ring (bicyclic) bond motifs is 1. The Bertz CT molecular complexity index is 1210. The first kappa shape index (κ1) is 19.8. The largest absolute Gasteiger partial charge is 0.494 e. The van der Waals surface area contributed by atoms with Gasteiger partial charge in [0.15, 0.2) is 0 Å². The van der Waals surface area contributed by atoms with Crippen molar-refractivity contribution < 1.29 is 9.47 Å². The summed E-state index contributed by atoms with van der Waals surface area (Å²) in [4.78, 5) is 14.4. The summed E-state index contributed by atoms with van der Waals surface area (Å²) in [6.45, 7) is 8.49. The number of ether oxygens (including phenoxy) is 2. The molecule has 0 atom stereocenters. The molecule has 6 heteroatoms. The van der Waals surface area contributed by atoms with Gasteiger partial charge < -0.3 is 19.4 Å². The average Bonchev–Trinajstić information content (AvgIpc) is 3.44. The number of rotatable bonds is 5. The molecule has 2 aromatic heterocycles. The third kappa shape index (κ3) is 3.84. The highest BCUT2D eigenvalue weighted by molar-refractivity contribution is 6.14. The van der Waals surface area contributed by atoms with Crippen LogP contribution in [-0.2, 0) is 16.0 Å². The number of aryl methyl sites for hydroxylation is 2. The molecule has 0 spiro atoms. The molecule has 2 aliphatic rings. The Balaban J connectivity index is 1.57. The molecule has 0 unspecified atom stereocenters. The predicted octanol–water partition coefficient (Wildman–Crippen LogP) is 4.32. The second-order valence-corrected chi connectivity index (χ2v) is 8.20. The Morgan fingerprint density at radius 3 is 2.71 bits per heavy atom. The zero-order chi connectivity index (χ0) is 21.4. The van der Waals surface area contributed by atoms with Crippen molar-refractivity contribution >= 4 is 22.7 Å². The van der Waals surface area contributed by atoms with E-state index in [0.29, 0.717) is 0 Å². The van der Waals surface area contributed by atoms with Crippen LogP contribution in [0.15, 0.2) is 52.9 Å². The molecule has 1 fully saturated rings. The summed E-state index contributed by atoms with van der Waals surface area (Å²) in [5.41, 5.74) is 8.60. The van der Waals surface area contributed by atoms with E-state index >= 15 is 0 Å². The van der Waals surface area contributed by atoms with Crippen molar-refractivity contribution in [2.45, 2.75) is 20.4 Å². The monoisotopic (exact) mass is 416 g/mol. The number of para-hydroxylation sites is 1. The molecular weight excluding hydrogens is 388 g/mol. The zero-order valence-corrected chi connectivity index (χ0v) is 18.3. The quantitative estimate of drug-likeness (QED) is 0.651. The second-order valence-electron chi connectivity index (χ2n) is 8.20. The second kappa shape index (κ2) is 8.21. The first-order chi connectivity index (χ1) is 15.1. The number of morpholine rings is 1. The zero-order valence-electron chi connectivity index (χ0n) is 18.3. The van der Waals surface area contributed by atoms with Gasteiger partial charge in [0.05, 0.1) is 31.7 Å². The van der Waals surface area contributed by atoms with Gasteiger partial charge in [0, 0.05) is 53.6 Å².